The molecular formula is C46H55N6O2S2+. The van der Waals surface area contributed by atoms with E-state index in [-0.39, 0.29) is 16.9 Å². The number of primary amides is 2. The molecular weight excluding hydrogens is 733 g/mol. The van der Waals surface area contributed by atoms with E-state index in [1.54, 1.807) is 6.07 Å². The Hall–Kier alpha value is -4.93. The first-order valence-electron chi connectivity index (χ1n) is 19.1. The van der Waals surface area contributed by atoms with Gasteiger partial charge in [-0.2, -0.15) is 4.58 Å². The van der Waals surface area contributed by atoms with E-state index < -0.39 is 11.8 Å². The molecule has 0 aliphatic carbocycles. The lowest BCUT2D eigenvalue weighted by Gasteiger charge is -2.29. The average Bonchev–Trinajstić information content (AvgIpc) is 3.49. The van der Waals surface area contributed by atoms with Crippen LogP contribution in [-0.2, 0) is 10.8 Å². The summed E-state index contributed by atoms with van der Waals surface area (Å²) in [7, 11) is 12.3. The predicted molar refractivity (Wildman–Crippen MR) is 241 cm³/mol. The number of likely N-dealkylation sites (N-methyl/N-ethyl adjacent to an activating group) is 1. The molecule has 2 aliphatic rings. The second kappa shape index (κ2) is 16.7. The molecule has 292 valence electrons. The first kappa shape index (κ1) is 40.7. The summed E-state index contributed by atoms with van der Waals surface area (Å²) in [5, 5.41) is 0. The first-order chi connectivity index (χ1) is 26.6. The summed E-state index contributed by atoms with van der Waals surface area (Å²) < 4.78 is 2.20. The largest absolute Gasteiger partial charge is 0.374 e. The van der Waals surface area contributed by atoms with Crippen LogP contribution in [0.4, 0.5) is 22.7 Å². The third-order valence-corrected chi connectivity index (χ3v) is 13.9. The number of anilines is 3. The van der Waals surface area contributed by atoms with Crippen molar-refractivity contribution in [3.05, 3.63) is 130 Å². The third kappa shape index (κ3) is 8.42. The number of amides is 2. The van der Waals surface area contributed by atoms with Crippen molar-refractivity contribution in [2.24, 2.45) is 11.5 Å². The standard InChI is InChI=1S/C46H54N6O2S2/c1-45(2)37-29-33(43(47)53)15-21-39(37)51(7)41(45)23-13-31-9-17-35(18-10-31)49(5)25-27-55-56-28-26-50(6)36-19-11-32(12-20-36)14-24-42-46(3,4)38-30-34(44(48)54)16-22-40(38)52(42)8/h9-24,29-30,41H,25-28H2,1-8H3,(H3-,47,48,53,54)/p+1/b23-13+. The second-order valence-corrected chi connectivity index (χ2v) is 18.6. The lowest BCUT2D eigenvalue weighted by atomic mass is 9.79. The van der Waals surface area contributed by atoms with Crippen LogP contribution in [-0.4, -0.2) is 80.9 Å². The van der Waals surface area contributed by atoms with Gasteiger partial charge in [0, 0.05) is 97.0 Å². The van der Waals surface area contributed by atoms with Crippen molar-refractivity contribution in [3.8, 4) is 0 Å². The Morgan fingerprint density at radius 3 is 1.77 bits per heavy atom. The fourth-order valence-electron chi connectivity index (χ4n) is 7.95. The van der Waals surface area contributed by atoms with Crippen LogP contribution in [0.5, 0.6) is 0 Å². The molecule has 0 fully saturated rings. The number of carbonyl (C=O) groups excluding carboxylic acids is 2. The van der Waals surface area contributed by atoms with E-state index in [4.69, 9.17) is 11.5 Å². The van der Waals surface area contributed by atoms with Crippen molar-refractivity contribution in [2.45, 2.75) is 44.6 Å². The highest BCUT2D eigenvalue weighted by Crippen LogP contribution is 2.45. The molecule has 2 amide bonds. The van der Waals surface area contributed by atoms with Gasteiger partial charge in [-0.3, -0.25) is 9.59 Å². The highest BCUT2D eigenvalue weighted by molar-refractivity contribution is 8.76. The summed E-state index contributed by atoms with van der Waals surface area (Å²) in [6, 6.07) is 29.1. The molecule has 1 unspecified atom stereocenters. The van der Waals surface area contributed by atoms with E-state index in [0.29, 0.717) is 11.1 Å². The van der Waals surface area contributed by atoms with Crippen LogP contribution >= 0.6 is 21.6 Å². The molecule has 4 N–H and O–H groups in total. The minimum atomic E-state index is -0.403. The Bertz CT molecular complexity index is 2190. The van der Waals surface area contributed by atoms with Gasteiger partial charge in [0.05, 0.1) is 11.5 Å². The van der Waals surface area contributed by atoms with Gasteiger partial charge in [-0.25, -0.2) is 0 Å². The molecule has 10 heteroatoms. The zero-order valence-electron chi connectivity index (χ0n) is 33.9. The Morgan fingerprint density at radius 1 is 0.732 bits per heavy atom. The fraction of sp³-hybridized carbons (Fsp3) is 0.326. The Morgan fingerprint density at radius 2 is 1.23 bits per heavy atom. The third-order valence-electron chi connectivity index (χ3n) is 11.5. The minimum absolute atomic E-state index is 0.157. The molecule has 0 saturated heterocycles. The van der Waals surface area contributed by atoms with Gasteiger partial charge in [0.2, 0.25) is 17.5 Å². The molecule has 0 saturated carbocycles. The van der Waals surface area contributed by atoms with Gasteiger partial charge in [-0.1, -0.05) is 71.9 Å². The fourth-order valence-corrected chi connectivity index (χ4v) is 10.0. The number of carbonyl (C=O) groups is 2. The number of rotatable bonds is 15. The van der Waals surface area contributed by atoms with Gasteiger partial charge in [-0.05, 0) is 91.2 Å². The molecule has 4 aromatic carbocycles. The maximum atomic E-state index is 11.8. The number of hydrogen-bond acceptors (Lipinski definition) is 7. The molecule has 0 radical (unpaired) electrons. The summed E-state index contributed by atoms with van der Waals surface area (Å²) in [6.45, 7) is 10.8. The van der Waals surface area contributed by atoms with Crippen LogP contribution < -0.4 is 26.2 Å². The van der Waals surface area contributed by atoms with Crippen LogP contribution in [0.1, 0.15) is 70.7 Å². The Balaban J connectivity index is 0.922. The number of fused-ring (bicyclic) bond motifs is 2. The molecule has 6 rings (SSSR count). The molecule has 56 heavy (non-hydrogen) atoms. The summed E-state index contributed by atoms with van der Waals surface area (Å²) in [5.74, 6) is 1.28. The smallest absolute Gasteiger partial charge is 0.248 e. The maximum absolute atomic E-state index is 11.8. The maximum Gasteiger partial charge on any atom is 0.248 e. The van der Waals surface area contributed by atoms with E-state index in [1.165, 1.54) is 17.1 Å². The molecule has 0 bridgehead atoms. The SMILES string of the molecule is CN(CCSSCCN(C)c1ccc(/C=C/C2N(C)c3ccc(C(N)=O)cc3C2(C)C)cc1)c1ccc(/C=C/C2=[N+](C)c3ccc(C(N)=O)cc3C2(C)C)cc1. The van der Waals surface area contributed by atoms with Gasteiger partial charge >= 0.3 is 0 Å². The van der Waals surface area contributed by atoms with Crippen molar-refractivity contribution in [2.75, 3.05) is 67.5 Å². The van der Waals surface area contributed by atoms with Crippen LogP contribution in [0.15, 0.2) is 97.1 Å². The van der Waals surface area contributed by atoms with E-state index in [9.17, 15) is 9.59 Å². The molecule has 0 aromatic heterocycles. The molecule has 1 atom stereocenters. The van der Waals surface area contributed by atoms with Gasteiger partial charge in [0.15, 0.2) is 5.71 Å². The quantitative estimate of drug-likeness (QED) is 0.0710. The van der Waals surface area contributed by atoms with Gasteiger partial charge < -0.3 is 26.2 Å². The van der Waals surface area contributed by atoms with Crippen LogP contribution in [0.3, 0.4) is 0 Å². The topological polar surface area (TPSA) is 98.9 Å². The predicted octanol–water partition coefficient (Wildman–Crippen LogP) is 8.37. The number of benzene rings is 4. The minimum Gasteiger partial charge on any atom is -0.374 e. The van der Waals surface area contributed by atoms with Crippen LogP contribution in [0.25, 0.3) is 12.2 Å². The Labute approximate surface area is 340 Å². The number of nitrogens with zero attached hydrogens (tertiary/aromatic N) is 4. The zero-order valence-corrected chi connectivity index (χ0v) is 35.5. The van der Waals surface area contributed by atoms with E-state index in [0.717, 1.165) is 58.2 Å². The van der Waals surface area contributed by atoms with Crippen LogP contribution in [0, 0.1) is 0 Å². The van der Waals surface area contributed by atoms with Gasteiger partial charge in [-0.15, -0.1) is 0 Å². The van der Waals surface area contributed by atoms with Crippen molar-refractivity contribution in [3.63, 3.8) is 0 Å². The highest BCUT2D eigenvalue weighted by Gasteiger charge is 2.43. The average molecular weight is 788 g/mol. The number of allylic oxidation sites excluding steroid dienone is 1. The lowest BCUT2D eigenvalue weighted by molar-refractivity contribution is -0.401. The molecule has 0 spiro atoms. The highest BCUT2D eigenvalue weighted by atomic mass is 33.1. The molecule has 4 aromatic rings. The second-order valence-electron chi connectivity index (χ2n) is 15.9. The zero-order chi connectivity index (χ0) is 40.4. The van der Waals surface area contributed by atoms with E-state index >= 15 is 0 Å². The summed E-state index contributed by atoms with van der Waals surface area (Å²) in [6.07, 6.45) is 8.81. The lowest BCUT2D eigenvalue weighted by Crippen LogP contribution is -2.37. The van der Waals surface area contributed by atoms with Crippen molar-refractivity contribution >= 4 is 74.0 Å². The van der Waals surface area contributed by atoms with Gasteiger partial charge in [0.25, 0.3) is 0 Å². The monoisotopic (exact) mass is 787 g/mol. The number of hydrogen-bond donors (Lipinski definition) is 2. The van der Waals surface area contributed by atoms with Crippen LogP contribution in [0.2, 0.25) is 0 Å². The summed E-state index contributed by atoms with van der Waals surface area (Å²) in [5.41, 5.74) is 22.2. The van der Waals surface area contributed by atoms with Crippen molar-refractivity contribution in [1.29, 1.82) is 0 Å². The summed E-state index contributed by atoms with van der Waals surface area (Å²) in [4.78, 5) is 30.5. The number of nitrogens with two attached hydrogens (primary N) is 2. The van der Waals surface area contributed by atoms with Crippen molar-refractivity contribution < 1.29 is 14.2 Å². The Kier molecular flexibility index (Phi) is 12.1. The van der Waals surface area contributed by atoms with E-state index in [1.807, 2.05) is 51.9 Å². The first-order valence-corrected chi connectivity index (χ1v) is 21.5. The van der Waals surface area contributed by atoms with Gasteiger partial charge in [0.1, 0.15) is 7.05 Å². The molecule has 2 heterocycles. The molecule has 2 aliphatic heterocycles. The molecule has 8 nitrogen and oxygen atoms in total. The normalized spacial score (nSPS) is 16.8. The van der Waals surface area contributed by atoms with E-state index in [2.05, 4.69) is 148 Å². The summed E-state index contributed by atoms with van der Waals surface area (Å²) >= 11 is 0. The van der Waals surface area contributed by atoms with Crippen molar-refractivity contribution in [1.82, 2.24) is 0 Å².